The fraction of sp³-hybridized carbons (Fsp3) is 0.789. The molecule has 0 aromatic heterocycles. The number of rotatable bonds is 3. The molecule has 6 heteroatoms. The molecule has 6 atom stereocenters. The van der Waals surface area contributed by atoms with Crippen LogP contribution in [0.2, 0.25) is 24.7 Å². The summed E-state index contributed by atoms with van der Waals surface area (Å²) in [7, 11) is 0.884. The predicted molar refractivity (Wildman–Crippen MR) is 92.6 cm³/mol. The van der Waals surface area contributed by atoms with Crippen molar-refractivity contribution in [2.24, 2.45) is 17.8 Å². The van der Waals surface area contributed by atoms with E-state index in [-0.39, 0.29) is 34.1 Å². The van der Waals surface area contributed by atoms with Gasteiger partial charge in [0.25, 0.3) is 0 Å². The van der Waals surface area contributed by atoms with E-state index >= 15 is 0 Å². The van der Waals surface area contributed by atoms with Crippen molar-refractivity contribution in [1.82, 2.24) is 0 Å². The number of hydrogen-bond acceptors (Lipinski definition) is 5. The van der Waals surface area contributed by atoms with E-state index in [0.29, 0.717) is 23.0 Å². The SMILES string of the molecule is COC(=O)C1=C(C(=O)OC)[C@@]2([Si](C)(C)C)C[C@H]1[C@@]13O[C@]12[C@H]1CC[C@H]3C1. The highest BCUT2D eigenvalue weighted by Gasteiger charge is 2.98. The maximum absolute atomic E-state index is 12.9. The largest absolute Gasteiger partial charge is 0.466 e. The van der Waals surface area contributed by atoms with E-state index in [9.17, 15) is 9.59 Å². The van der Waals surface area contributed by atoms with E-state index in [1.165, 1.54) is 33.5 Å². The number of ether oxygens (including phenoxy) is 3. The van der Waals surface area contributed by atoms with Crippen LogP contribution in [-0.2, 0) is 23.8 Å². The van der Waals surface area contributed by atoms with Gasteiger partial charge >= 0.3 is 11.9 Å². The van der Waals surface area contributed by atoms with Crippen LogP contribution in [0.3, 0.4) is 0 Å². The number of fused-ring (bicyclic) bond motifs is 4. The van der Waals surface area contributed by atoms with E-state index in [1.54, 1.807) is 0 Å². The normalized spacial score (nSPS) is 48.4. The first-order valence-corrected chi connectivity index (χ1v) is 12.8. The molecular formula is C19H26O5Si. The summed E-state index contributed by atoms with van der Waals surface area (Å²) in [6, 6.07) is 0. The molecule has 0 spiro atoms. The molecule has 0 unspecified atom stereocenters. The van der Waals surface area contributed by atoms with Crippen molar-refractivity contribution in [3.8, 4) is 0 Å². The van der Waals surface area contributed by atoms with E-state index < -0.39 is 8.07 Å². The maximum Gasteiger partial charge on any atom is 0.334 e. The van der Waals surface area contributed by atoms with Gasteiger partial charge in [0, 0.05) is 11.0 Å². The Balaban J connectivity index is 1.82. The van der Waals surface area contributed by atoms with Crippen LogP contribution in [0.25, 0.3) is 0 Å². The molecule has 4 bridgehead atoms. The second-order valence-electron chi connectivity index (χ2n) is 9.52. The van der Waals surface area contributed by atoms with Crippen molar-refractivity contribution in [2.45, 2.75) is 61.6 Å². The lowest BCUT2D eigenvalue weighted by Gasteiger charge is -2.47. The van der Waals surface area contributed by atoms with Gasteiger partial charge in [-0.25, -0.2) is 9.59 Å². The van der Waals surface area contributed by atoms with Crippen LogP contribution >= 0.6 is 0 Å². The van der Waals surface area contributed by atoms with Crippen LogP contribution in [0.5, 0.6) is 0 Å². The third-order valence-electron chi connectivity index (χ3n) is 8.26. The minimum absolute atomic E-state index is 0.00363. The smallest absolute Gasteiger partial charge is 0.334 e. The van der Waals surface area contributed by atoms with Gasteiger partial charge in [0.1, 0.15) is 11.2 Å². The number of methoxy groups -OCH3 is 2. The molecule has 1 saturated heterocycles. The molecule has 1 aliphatic heterocycles. The molecule has 5 nitrogen and oxygen atoms in total. The van der Waals surface area contributed by atoms with Crippen LogP contribution in [-0.4, -0.2) is 45.4 Å². The molecule has 3 saturated carbocycles. The van der Waals surface area contributed by atoms with Crippen molar-refractivity contribution in [2.75, 3.05) is 14.2 Å². The Morgan fingerprint density at radius 1 is 1.08 bits per heavy atom. The van der Waals surface area contributed by atoms with Crippen LogP contribution in [0, 0.1) is 17.8 Å². The van der Waals surface area contributed by atoms with Gasteiger partial charge in [-0.05, 0) is 37.5 Å². The number of esters is 2. The van der Waals surface area contributed by atoms with Crippen LogP contribution in [0.15, 0.2) is 11.1 Å². The molecule has 25 heavy (non-hydrogen) atoms. The highest BCUT2D eigenvalue weighted by atomic mass is 28.3. The molecule has 0 radical (unpaired) electrons. The third kappa shape index (κ3) is 1.29. The Morgan fingerprint density at radius 2 is 1.72 bits per heavy atom. The summed E-state index contributed by atoms with van der Waals surface area (Å²) < 4.78 is 17.0. The summed E-state index contributed by atoms with van der Waals surface area (Å²) in [6.07, 6.45) is 4.43. The number of carbonyl (C=O) groups is 2. The second-order valence-corrected chi connectivity index (χ2v) is 14.9. The lowest BCUT2D eigenvalue weighted by atomic mass is 9.68. The zero-order chi connectivity index (χ0) is 18.0. The molecular weight excluding hydrogens is 336 g/mol. The molecule has 0 aromatic rings. The van der Waals surface area contributed by atoms with Gasteiger partial charge in [0.2, 0.25) is 0 Å². The predicted octanol–water partition coefficient (Wildman–Crippen LogP) is 2.68. The standard InChI is InChI=1S/C19H26O5Si/c1-22-15(20)13-12-9-17(25(3,4)5,14(13)16(21)23-2)19-11-7-6-10(8-11)18(12,19)24-19/h10-12H,6-9H2,1-5H3/t10-,11-,12+,17-,18+,19-/m0/s1. The fourth-order valence-corrected chi connectivity index (χ4v) is 11.1. The van der Waals surface area contributed by atoms with E-state index in [2.05, 4.69) is 19.6 Å². The van der Waals surface area contributed by atoms with Crippen molar-refractivity contribution in [3.63, 3.8) is 0 Å². The fourth-order valence-electron chi connectivity index (χ4n) is 7.75. The van der Waals surface area contributed by atoms with Gasteiger partial charge in [-0.2, -0.15) is 0 Å². The Kier molecular flexibility index (Phi) is 2.71. The first-order chi connectivity index (χ1) is 11.7. The summed E-state index contributed by atoms with van der Waals surface area (Å²) in [5.74, 6) is 0.321. The Hall–Kier alpha value is -1.14. The molecule has 5 aliphatic rings. The number of carbonyl (C=O) groups excluding carboxylic acids is 2. The minimum Gasteiger partial charge on any atom is -0.466 e. The summed E-state index contributed by atoms with van der Waals surface area (Å²) in [5, 5.41) is -0.332. The molecule has 0 aromatic carbocycles. The Morgan fingerprint density at radius 3 is 2.32 bits per heavy atom. The summed E-state index contributed by atoms with van der Waals surface area (Å²) in [4.78, 5) is 25.6. The number of hydrogen-bond donors (Lipinski definition) is 0. The minimum atomic E-state index is -1.93. The zero-order valence-corrected chi connectivity index (χ0v) is 16.6. The lowest BCUT2D eigenvalue weighted by molar-refractivity contribution is -0.140. The van der Waals surface area contributed by atoms with Crippen molar-refractivity contribution >= 4 is 20.0 Å². The van der Waals surface area contributed by atoms with Crippen molar-refractivity contribution < 1.29 is 23.8 Å². The van der Waals surface area contributed by atoms with Crippen molar-refractivity contribution in [3.05, 3.63) is 11.1 Å². The Labute approximate surface area is 149 Å². The second kappa shape index (κ2) is 4.22. The van der Waals surface area contributed by atoms with Crippen LogP contribution < -0.4 is 0 Å². The van der Waals surface area contributed by atoms with Gasteiger partial charge in [0.15, 0.2) is 0 Å². The van der Waals surface area contributed by atoms with E-state index in [4.69, 9.17) is 14.2 Å². The summed E-state index contributed by atoms with van der Waals surface area (Å²) in [6.45, 7) is 6.93. The molecule has 1 heterocycles. The Bertz CT molecular complexity index is 751. The maximum atomic E-state index is 12.9. The first kappa shape index (κ1) is 16.1. The summed E-state index contributed by atoms with van der Waals surface area (Å²) >= 11 is 0. The van der Waals surface area contributed by atoms with Gasteiger partial charge in [-0.15, -0.1) is 0 Å². The molecule has 0 amide bonds. The average Bonchev–Trinajstić information content (AvgIpc) is 2.92. The van der Waals surface area contributed by atoms with Gasteiger partial charge in [-0.3, -0.25) is 0 Å². The van der Waals surface area contributed by atoms with E-state index in [1.807, 2.05) is 0 Å². The molecule has 4 fully saturated rings. The molecule has 4 aliphatic carbocycles. The number of epoxide rings is 1. The third-order valence-corrected chi connectivity index (χ3v) is 11.7. The monoisotopic (exact) mass is 362 g/mol. The van der Waals surface area contributed by atoms with Gasteiger partial charge < -0.3 is 14.2 Å². The summed E-state index contributed by atoms with van der Waals surface area (Å²) in [5.41, 5.74) is 0.736. The van der Waals surface area contributed by atoms with Crippen LogP contribution in [0.1, 0.15) is 25.7 Å². The highest BCUT2D eigenvalue weighted by Crippen LogP contribution is 2.93. The molecule has 0 N–H and O–H groups in total. The quantitative estimate of drug-likeness (QED) is 0.439. The molecule has 136 valence electrons. The lowest BCUT2D eigenvalue weighted by Crippen LogP contribution is -2.54. The zero-order valence-electron chi connectivity index (χ0n) is 15.6. The molecule has 5 rings (SSSR count). The van der Waals surface area contributed by atoms with Gasteiger partial charge in [0.05, 0.1) is 33.4 Å². The highest BCUT2D eigenvalue weighted by molar-refractivity contribution is 6.81. The van der Waals surface area contributed by atoms with Crippen molar-refractivity contribution in [1.29, 1.82) is 0 Å². The van der Waals surface area contributed by atoms with Gasteiger partial charge in [-0.1, -0.05) is 19.6 Å². The van der Waals surface area contributed by atoms with Crippen LogP contribution in [0.4, 0.5) is 0 Å². The average molecular weight is 362 g/mol. The van der Waals surface area contributed by atoms with E-state index in [0.717, 1.165) is 6.42 Å². The first-order valence-electron chi connectivity index (χ1n) is 9.34. The topological polar surface area (TPSA) is 65.1 Å².